The largest absolute Gasteiger partial charge is 0.348 e. The summed E-state index contributed by atoms with van der Waals surface area (Å²) in [6, 6.07) is 4.95. The summed E-state index contributed by atoms with van der Waals surface area (Å²) in [5.74, 6) is -0.261. The van der Waals surface area contributed by atoms with Gasteiger partial charge in [0.25, 0.3) is 0 Å². The van der Waals surface area contributed by atoms with Crippen molar-refractivity contribution in [2.45, 2.75) is 13.5 Å². The molecule has 16 heavy (non-hydrogen) atoms. The van der Waals surface area contributed by atoms with Crippen LogP contribution in [0, 0.1) is 12.7 Å². The van der Waals surface area contributed by atoms with E-state index >= 15 is 0 Å². The van der Waals surface area contributed by atoms with Crippen LogP contribution in [-0.4, -0.2) is 31.4 Å². The number of benzene rings is 1. The molecule has 1 rings (SSSR count). The van der Waals surface area contributed by atoms with E-state index in [0.717, 1.165) is 5.56 Å². The standard InChI is InChI=1S/C12H17FN2O/c1-9-4-5-11(13)10(6-9)7-14-8-12(16)15(2)3/h4-6,14H,7-8H2,1-3H3. The van der Waals surface area contributed by atoms with Gasteiger partial charge in [-0.2, -0.15) is 0 Å². The maximum absolute atomic E-state index is 13.3. The molecule has 0 fully saturated rings. The van der Waals surface area contributed by atoms with Crippen molar-refractivity contribution in [1.29, 1.82) is 0 Å². The smallest absolute Gasteiger partial charge is 0.236 e. The summed E-state index contributed by atoms with van der Waals surface area (Å²) < 4.78 is 13.3. The number of carbonyl (C=O) groups excluding carboxylic acids is 1. The first-order valence-corrected chi connectivity index (χ1v) is 5.16. The molecule has 1 amide bonds. The van der Waals surface area contributed by atoms with E-state index in [4.69, 9.17) is 0 Å². The fraction of sp³-hybridized carbons (Fsp3) is 0.417. The van der Waals surface area contributed by atoms with E-state index in [2.05, 4.69) is 5.32 Å². The number of likely N-dealkylation sites (N-methyl/N-ethyl adjacent to an activating group) is 1. The molecule has 0 saturated carbocycles. The minimum Gasteiger partial charge on any atom is -0.348 e. The summed E-state index contributed by atoms with van der Waals surface area (Å²) in [6.45, 7) is 2.50. The van der Waals surface area contributed by atoms with E-state index in [1.54, 1.807) is 26.2 Å². The minimum absolute atomic E-state index is 0.0203. The molecule has 0 atom stereocenters. The predicted octanol–water partition coefficient (Wildman–Crippen LogP) is 1.31. The van der Waals surface area contributed by atoms with Gasteiger partial charge in [0.1, 0.15) is 5.82 Å². The molecule has 1 aromatic rings. The molecule has 0 unspecified atom stereocenters. The van der Waals surface area contributed by atoms with Gasteiger partial charge in [0, 0.05) is 26.2 Å². The first-order chi connectivity index (χ1) is 7.50. The number of nitrogens with one attached hydrogen (secondary N) is 1. The Hall–Kier alpha value is -1.42. The van der Waals surface area contributed by atoms with Crippen molar-refractivity contribution in [2.24, 2.45) is 0 Å². The molecule has 88 valence electrons. The van der Waals surface area contributed by atoms with E-state index in [-0.39, 0.29) is 18.3 Å². The van der Waals surface area contributed by atoms with Gasteiger partial charge in [-0.05, 0) is 13.0 Å². The Bertz CT molecular complexity index is 377. The van der Waals surface area contributed by atoms with Gasteiger partial charge in [-0.3, -0.25) is 4.79 Å². The van der Waals surface area contributed by atoms with E-state index in [1.807, 2.05) is 6.92 Å². The summed E-state index contributed by atoms with van der Waals surface area (Å²) in [5, 5.41) is 2.92. The highest BCUT2D eigenvalue weighted by Crippen LogP contribution is 2.09. The van der Waals surface area contributed by atoms with Gasteiger partial charge < -0.3 is 10.2 Å². The lowest BCUT2D eigenvalue weighted by Crippen LogP contribution is -2.32. The van der Waals surface area contributed by atoms with Gasteiger partial charge in [-0.25, -0.2) is 4.39 Å². The zero-order valence-electron chi connectivity index (χ0n) is 9.88. The lowest BCUT2D eigenvalue weighted by Gasteiger charge is -2.11. The average Bonchev–Trinajstić information content (AvgIpc) is 2.22. The normalized spacial score (nSPS) is 10.2. The zero-order valence-corrected chi connectivity index (χ0v) is 9.88. The van der Waals surface area contributed by atoms with E-state index < -0.39 is 0 Å². The summed E-state index contributed by atoms with van der Waals surface area (Å²) in [5.41, 5.74) is 1.60. The van der Waals surface area contributed by atoms with Crippen LogP contribution in [0.1, 0.15) is 11.1 Å². The quantitative estimate of drug-likeness (QED) is 0.836. The number of nitrogens with zero attached hydrogens (tertiary/aromatic N) is 1. The molecule has 3 nitrogen and oxygen atoms in total. The number of hydrogen-bond donors (Lipinski definition) is 1. The lowest BCUT2D eigenvalue weighted by atomic mass is 10.1. The molecule has 1 N–H and O–H groups in total. The van der Waals surface area contributed by atoms with Gasteiger partial charge in [0.15, 0.2) is 0 Å². The van der Waals surface area contributed by atoms with Crippen molar-refractivity contribution in [3.05, 3.63) is 35.1 Å². The van der Waals surface area contributed by atoms with Crippen LogP contribution in [0.2, 0.25) is 0 Å². The molecule has 0 aromatic heterocycles. The van der Waals surface area contributed by atoms with E-state index in [1.165, 1.54) is 11.0 Å². The van der Waals surface area contributed by atoms with E-state index in [0.29, 0.717) is 12.1 Å². The number of rotatable bonds is 4. The molecule has 0 aliphatic carbocycles. The first-order valence-electron chi connectivity index (χ1n) is 5.16. The zero-order chi connectivity index (χ0) is 12.1. The summed E-state index contributed by atoms with van der Waals surface area (Å²) in [6.07, 6.45) is 0. The molecule has 0 radical (unpaired) electrons. The van der Waals surface area contributed by atoms with E-state index in [9.17, 15) is 9.18 Å². The van der Waals surface area contributed by atoms with Crippen LogP contribution in [0.5, 0.6) is 0 Å². The van der Waals surface area contributed by atoms with Crippen LogP contribution in [0.25, 0.3) is 0 Å². The van der Waals surface area contributed by atoms with Gasteiger partial charge in [-0.15, -0.1) is 0 Å². The van der Waals surface area contributed by atoms with Crippen molar-refractivity contribution < 1.29 is 9.18 Å². The van der Waals surface area contributed by atoms with Crippen molar-refractivity contribution in [1.82, 2.24) is 10.2 Å². The lowest BCUT2D eigenvalue weighted by molar-refractivity contribution is -0.127. The minimum atomic E-state index is -0.240. The fourth-order valence-corrected chi connectivity index (χ4v) is 1.30. The number of hydrogen-bond acceptors (Lipinski definition) is 2. The summed E-state index contributed by atoms with van der Waals surface area (Å²) >= 11 is 0. The third kappa shape index (κ3) is 3.62. The molecule has 4 heteroatoms. The Morgan fingerprint density at radius 1 is 1.44 bits per heavy atom. The molecule has 0 saturated heterocycles. The maximum Gasteiger partial charge on any atom is 0.236 e. The molecule has 1 aromatic carbocycles. The molecule has 0 aliphatic heterocycles. The monoisotopic (exact) mass is 224 g/mol. The molecular formula is C12H17FN2O. The van der Waals surface area contributed by atoms with Gasteiger partial charge in [0.05, 0.1) is 6.54 Å². The van der Waals surface area contributed by atoms with Crippen LogP contribution in [0.3, 0.4) is 0 Å². The second-order valence-corrected chi connectivity index (χ2v) is 3.99. The third-order valence-electron chi connectivity index (χ3n) is 2.29. The Labute approximate surface area is 95.3 Å². The maximum atomic E-state index is 13.3. The first kappa shape index (κ1) is 12.6. The third-order valence-corrected chi connectivity index (χ3v) is 2.29. The number of halogens is 1. The molecule has 0 bridgehead atoms. The van der Waals surface area contributed by atoms with Crippen LogP contribution >= 0.6 is 0 Å². The predicted molar refractivity (Wildman–Crippen MR) is 61.5 cm³/mol. The highest BCUT2D eigenvalue weighted by Gasteiger charge is 2.05. The van der Waals surface area contributed by atoms with Crippen LogP contribution in [0.4, 0.5) is 4.39 Å². The van der Waals surface area contributed by atoms with Gasteiger partial charge in [-0.1, -0.05) is 17.7 Å². The molecule has 0 aliphatic rings. The topological polar surface area (TPSA) is 32.3 Å². The van der Waals surface area contributed by atoms with Crippen molar-refractivity contribution in [2.75, 3.05) is 20.6 Å². The highest BCUT2D eigenvalue weighted by atomic mass is 19.1. The summed E-state index contributed by atoms with van der Waals surface area (Å²) in [4.78, 5) is 12.8. The van der Waals surface area contributed by atoms with Crippen LogP contribution in [0.15, 0.2) is 18.2 Å². The van der Waals surface area contributed by atoms with Crippen LogP contribution in [-0.2, 0) is 11.3 Å². The van der Waals surface area contributed by atoms with Gasteiger partial charge in [0.2, 0.25) is 5.91 Å². The fourth-order valence-electron chi connectivity index (χ4n) is 1.30. The second kappa shape index (κ2) is 5.61. The molecule has 0 spiro atoms. The Kier molecular flexibility index (Phi) is 4.43. The second-order valence-electron chi connectivity index (χ2n) is 3.99. The van der Waals surface area contributed by atoms with Crippen molar-refractivity contribution in [3.63, 3.8) is 0 Å². The average molecular weight is 224 g/mol. The van der Waals surface area contributed by atoms with Gasteiger partial charge >= 0.3 is 0 Å². The number of aryl methyl sites for hydroxylation is 1. The number of amides is 1. The molecule has 0 heterocycles. The Balaban J connectivity index is 2.49. The van der Waals surface area contributed by atoms with Crippen molar-refractivity contribution >= 4 is 5.91 Å². The highest BCUT2D eigenvalue weighted by molar-refractivity contribution is 5.77. The van der Waals surface area contributed by atoms with Crippen LogP contribution < -0.4 is 5.32 Å². The number of carbonyl (C=O) groups is 1. The Morgan fingerprint density at radius 3 is 2.75 bits per heavy atom. The summed E-state index contributed by atoms with van der Waals surface area (Å²) in [7, 11) is 3.38. The van der Waals surface area contributed by atoms with Crippen molar-refractivity contribution in [3.8, 4) is 0 Å². The SMILES string of the molecule is Cc1ccc(F)c(CNCC(=O)N(C)C)c1. The Morgan fingerprint density at radius 2 is 2.12 bits per heavy atom. The molecular weight excluding hydrogens is 207 g/mol.